The number of nitrogens with one attached hydrogen (secondary N) is 1. The van der Waals surface area contributed by atoms with E-state index in [1.807, 2.05) is 4.90 Å². The Labute approximate surface area is 210 Å². The van der Waals surface area contributed by atoms with Crippen LogP contribution in [0.25, 0.3) is 0 Å². The molecule has 1 aliphatic rings. The number of carbonyl (C=O) groups excluding carboxylic acids is 1. The SMILES string of the molecule is C/C(N)=C/C=C(\N)OC1CCN(C(CNC(=O)c2c(F)cccc2Cl)c2scnc2C(F)F)CC1. The molecule has 1 unspecified atom stereocenters. The molecular formula is C23H27ClF3N5O2S. The number of aromatic nitrogens is 1. The number of rotatable bonds is 9. The number of benzene rings is 1. The number of likely N-dealkylation sites (tertiary alicyclic amines) is 1. The third-order valence-corrected chi connectivity index (χ3v) is 6.77. The smallest absolute Gasteiger partial charge is 0.281 e. The minimum absolute atomic E-state index is 0.0282. The molecule has 3 rings (SSSR count). The zero-order chi connectivity index (χ0) is 25.5. The first-order valence-corrected chi connectivity index (χ1v) is 12.2. The highest BCUT2D eigenvalue weighted by molar-refractivity contribution is 7.09. The van der Waals surface area contributed by atoms with Crippen molar-refractivity contribution >= 4 is 28.8 Å². The number of ether oxygens (including phenoxy) is 1. The lowest BCUT2D eigenvalue weighted by atomic mass is 10.0. The number of hydrogen-bond acceptors (Lipinski definition) is 7. The van der Waals surface area contributed by atoms with Crippen LogP contribution in [-0.2, 0) is 4.74 Å². The summed E-state index contributed by atoms with van der Waals surface area (Å²) in [6.07, 6.45) is 1.48. The summed E-state index contributed by atoms with van der Waals surface area (Å²) in [5.74, 6) is -1.25. The lowest BCUT2D eigenvalue weighted by Gasteiger charge is -2.37. The van der Waals surface area contributed by atoms with Crippen LogP contribution in [0.2, 0.25) is 5.02 Å². The van der Waals surface area contributed by atoms with E-state index < -0.39 is 24.2 Å². The maximum absolute atomic E-state index is 14.2. The highest BCUT2D eigenvalue weighted by Gasteiger charge is 2.32. The van der Waals surface area contributed by atoms with E-state index >= 15 is 0 Å². The molecule has 7 nitrogen and oxygen atoms in total. The Bertz CT molecular complexity index is 1060. The van der Waals surface area contributed by atoms with Crippen LogP contribution in [0.4, 0.5) is 13.2 Å². The van der Waals surface area contributed by atoms with Crippen LogP contribution in [0.15, 0.2) is 47.4 Å². The number of nitrogens with two attached hydrogens (primary N) is 2. The fourth-order valence-electron chi connectivity index (χ4n) is 3.81. The van der Waals surface area contributed by atoms with Gasteiger partial charge in [-0.3, -0.25) is 9.69 Å². The topological polar surface area (TPSA) is 106 Å². The van der Waals surface area contributed by atoms with Crippen molar-refractivity contribution in [2.75, 3.05) is 19.6 Å². The first kappa shape index (κ1) is 26.8. The van der Waals surface area contributed by atoms with Gasteiger partial charge in [-0.05, 0) is 44.1 Å². The summed E-state index contributed by atoms with van der Waals surface area (Å²) < 4.78 is 47.1. The Balaban J connectivity index is 1.73. The number of piperidine rings is 1. The van der Waals surface area contributed by atoms with Gasteiger partial charge < -0.3 is 21.5 Å². The summed E-state index contributed by atoms with van der Waals surface area (Å²) in [5.41, 5.74) is 12.8. The number of alkyl halides is 2. The van der Waals surface area contributed by atoms with Crippen molar-refractivity contribution in [1.29, 1.82) is 0 Å². The zero-order valence-electron chi connectivity index (χ0n) is 19.0. The molecule has 35 heavy (non-hydrogen) atoms. The number of allylic oxidation sites excluding steroid dienone is 3. The molecule has 0 saturated carbocycles. The van der Waals surface area contributed by atoms with Crippen molar-refractivity contribution < 1.29 is 22.7 Å². The number of hydrogen-bond donors (Lipinski definition) is 3. The van der Waals surface area contributed by atoms with E-state index in [1.165, 1.54) is 17.6 Å². The molecule has 0 spiro atoms. The second kappa shape index (κ2) is 12.3. The molecule has 1 amide bonds. The minimum atomic E-state index is -2.76. The Hall–Kier alpha value is -2.76. The van der Waals surface area contributed by atoms with Crippen LogP contribution in [0.1, 0.15) is 53.2 Å². The summed E-state index contributed by atoms with van der Waals surface area (Å²) >= 11 is 7.09. The lowest BCUT2D eigenvalue weighted by Crippen LogP contribution is -2.44. The highest BCUT2D eigenvalue weighted by atomic mass is 35.5. The second-order valence-electron chi connectivity index (χ2n) is 8.06. The molecule has 1 aromatic heterocycles. The molecule has 12 heteroatoms. The number of amides is 1. The summed E-state index contributed by atoms with van der Waals surface area (Å²) in [5, 5.41) is 2.62. The fraction of sp³-hybridized carbons (Fsp3) is 0.391. The van der Waals surface area contributed by atoms with Gasteiger partial charge >= 0.3 is 0 Å². The summed E-state index contributed by atoms with van der Waals surface area (Å²) in [7, 11) is 0. The molecule has 0 aliphatic carbocycles. The Kier molecular flexibility index (Phi) is 9.41. The maximum Gasteiger partial charge on any atom is 0.281 e. The molecule has 2 heterocycles. The quantitative estimate of drug-likeness (QED) is 0.326. The molecule has 2 aromatic rings. The van der Waals surface area contributed by atoms with Gasteiger partial charge in [-0.25, -0.2) is 18.2 Å². The van der Waals surface area contributed by atoms with E-state index in [9.17, 15) is 18.0 Å². The number of halogens is 4. The Morgan fingerprint density at radius 1 is 1.34 bits per heavy atom. The van der Waals surface area contributed by atoms with Gasteiger partial charge in [0, 0.05) is 25.3 Å². The molecule has 190 valence electrons. The Morgan fingerprint density at radius 3 is 2.69 bits per heavy atom. The summed E-state index contributed by atoms with van der Waals surface area (Å²) in [6.45, 7) is 2.71. The third kappa shape index (κ3) is 7.12. The molecule has 5 N–H and O–H groups in total. The van der Waals surface area contributed by atoms with E-state index in [2.05, 4.69) is 10.3 Å². The van der Waals surface area contributed by atoms with Gasteiger partial charge in [0.1, 0.15) is 17.6 Å². The van der Waals surface area contributed by atoms with Crippen molar-refractivity contribution in [3.63, 3.8) is 0 Å². The van der Waals surface area contributed by atoms with Crippen LogP contribution in [0, 0.1) is 5.82 Å². The summed E-state index contributed by atoms with van der Waals surface area (Å²) in [4.78, 5) is 18.8. The average Bonchev–Trinajstić information content (AvgIpc) is 3.29. The third-order valence-electron chi connectivity index (χ3n) is 5.51. The lowest BCUT2D eigenvalue weighted by molar-refractivity contribution is 0.0330. The van der Waals surface area contributed by atoms with Gasteiger partial charge in [0.15, 0.2) is 5.88 Å². The second-order valence-corrected chi connectivity index (χ2v) is 9.35. The summed E-state index contributed by atoms with van der Waals surface area (Å²) in [6, 6.07) is 3.35. The van der Waals surface area contributed by atoms with Crippen LogP contribution in [0.3, 0.4) is 0 Å². The predicted octanol–water partition coefficient (Wildman–Crippen LogP) is 4.49. The van der Waals surface area contributed by atoms with Crippen LogP contribution in [0.5, 0.6) is 0 Å². The highest BCUT2D eigenvalue weighted by Crippen LogP contribution is 2.34. The van der Waals surface area contributed by atoms with Crippen LogP contribution >= 0.6 is 22.9 Å². The van der Waals surface area contributed by atoms with Gasteiger partial charge in [0.25, 0.3) is 12.3 Å². The van der Waals surface area contributed by atoms with E-state index in [4.69, 9.17) is 27.8 Å². The molecule has 0 radical (unpaired) electrons. The predicted molar refractivity (Wildman–Crippen MR) is 129 cm³/mol. The largest absolute Gasteiger partial charge is 0.476 e. The van der Waals surface area contributed by atoms with Gasteiger partial charge in [0.05, 0.1) is 27.0 Å². The monoisotopic (exact) mass is 529 g/mol. The number of thiazole rings is 1. The standard InChI is InChI=1S/C23H27ClF3N5O2S/c1-13(28)5-6-18(29)34-14-7-9-32(10-8-14)17(21-20(22(26)27)31-12-35-21)11-30-23(33)19-15(24)3-2-4-16(19)25/h2-6,12,14,17,22H,7-11,28-29H2,1H3,(H,30,33)/b13-5-,18-6+. The zero-order valence-corrected chi connectivity index (χ0v) is 20.6. The van der Waals surface area contributed by atoms with Crippen molar-refractivity contribution in [2.24, 2.45) is 11.5 Å². The van der Waals surface area contributed by atoms with Crippen LogP contribution < -0.4 is 16.8 Å². The Morgan fingerprint density at radius 2 is 2.06 bits per heavy atom. The molecule has 0 bridgehead atoms. The molecular weight excluding hydrogens is 503 g/mol. The van der Waals surface area contributed by atoms with Crippen molar-refractivity contribution in [2.45, 2.75) is 38.3 Å². The van der Waals surface area contributed by atoms with E-state index in [-0.39, 0.29) is 34.8 Å². The molecule has 1 saturated heterocycles. The fourth-order valence-corrected chi connectivity index (χ4v) is 4.99. The van der Waals surface area contributed by atoms with Crippen LogP contribution in [-0.4, -0.2) is 41.5 Å². The average molecular weight is 530 g/mol. The first-order chi connectivity index (χ1) is 16.7. The molecule has 1 aliphatic heterocycles. The van der Waals surface area contributed by atoms with E-state index in [1.54, 1.807) is 19.1 Å². The normalized spacial score (nSPS) is 17.0. The number of nitrogens with zero attached hydrogens (tertiary/aromatic N) is 2. The van der Waals surface area contributed by atoms with Crippen molar-refractivity contribution in [1.82, 2.24) is 15.2 Å². The first-order valence-electron chi connectivity index (χ1n) is 10.9. The molecule has 1 aromatic carbocycles. The van der Waals surface area contributed by atoms with E-state index in [0.717, 1.165) is 17.4 Å². The van der Waals surface area contributed by atoms with Gasteiger partial charge in [0.2, 0.25) is 0 Å². The minimum Gasteiger partial charge on any atom is -0.476 e. The number of carbonyl (C=O) groups is 1. The van der Waals surface area contributed by atoms with Gasteiger partial charge in [-0.2, -0.15) is 0 Å². The van der Waals surface area contributed by atoms with Gasteiger partial charge in [-0.1, -0.05) is 17.7 Å². The molecule has 1 atom stereocenters. The van der Waals surface area contributed by atoms with Gasteiger partial charge in [-0.15, -0.1) is 11.3 Å². The maximum atomic E-state index is 14.2. The molecule has 1 fully saturated rings. The van der Waals surface area contributed by atoms with Crippen molar-refractivity contribution in [3.8, 4) is 0 Å². The van der Waals surface area contributed by atoms with Crippen molar-refractivity contribution in [3.05, 3.63) is 74.4 Å². The van der Waals surface area contributed by atoms with E-state index in [0.29, 0.717) is 36.5 Å².